The minimum Gasteiger partial charge on any atom is -0.388 e. The predicted octanol–water partition coefficient (Wildman–Crippen LogP) is 2.05. The standard InChI is InChI=1S/C14H16FNO2/c1-13(17,14(9-16)6-7-18-10-14)8-11-4-2-3-5-12(11)15/h2-5,17H,6-8,10H2,1H3. The van der Waals surface area contributed by atoms with Crippen molar-refractivity contribution < 1.29 is 14.2 Å². The lowest BCUT2D eigenvalue weighted by molar-refractivity contribution is -0.0425. The molecule has 2 unspecified atom stereocenters. The van der Waals surface area contributed by atoms with Gasteiger partial charge in [0.2, 0.25) is 0 Å². The molecule has 1 aromatic rings. The average Bonchev–Trinajstić information content (AvgIpc) is 2.82. The van der Waals surface area contributed by atoms with E-state index in [2.05, 4.69) is 6.07 Å². The van der Waals surface area contributed by atoms with E-state index < -0.39 is 11.0 Å². The number of rotatable bonds is 3. The second-order valence-electron chi connectivity index (χ2n) is 5.04. The molecule has 1 aromatic carbocycles. The van der Waals surface area contributed by atoms with Gasteiger partial charge < -0.3 is 9.84 Å². The fraction of sp³-hybridized carbons (Fsp3) is 0.500. The number of benzene rings is 1. The molecular weight excluding hydrogens is 233 g/mol. The zero-order chi connectivity index (χ0) is 13.2. The van der Waals surface area contributed by atoms with Crippen LogP contribution in [0.15, 0.2) is 24.3 Å². The topological polar surface area (TPSA) is 53.2 Å². The molecular formula is C14H16FNO2. The van der Waals surface area contributed by atoms with Crippen LogP contribution >= 0.6 is 0 Å². The highest BCUT2D eigenvalue weighted by molar-refractivity contribution is 5.23. The van der Waals surface area contributed by atoms with Gasteiger partial charge in [-0.3, -0.25) is 0 Å². The van der Waals surface area contributed by atoms with Crippen LogP contribution in [-0.4, -0.2) is 23.9 Å². The summed E-state index contributed by atoms with van der Waals surface area (Å²) in [5.74, 6) is -0.357. The number of halogens is 1. The quantitative estimate of drug-likeness (QED) is 0.892. The first-order valence-electron chi connectivity index (χ1n) is 5.96. The molecule has 18 heavy (non-hydrogen) atoms. The summed E-state index contributed by atoms with van der Waals surface area (Å²) in [5.41, 5.74) is -1.83. The van der Waals surface area contributed by atoms with Gasteiger partial charge >= 0.3 is 0 Å². The summed E-state index contributed by atoms with van der Waals surface area (Å²) in [6, 6.07) is 8.47. The second kappa shape index (κ2) is 4.68. The van der Waals surface area contributed by atoms with Gasteiger partial charge in [0.15, 0.2) is 0 Å². The maximum Gasteiger partial charge on any atom is 0.126 e. The molecule has 1 fully saturated rings. The third-order valence-corrected chi connectivity index (χ3v) is 3.76. The number of nitrogens with zero attached hydrogens (tertiary/aromatic N) is 1. The summed E-state index contributed by atoms with van der Waals surface area (Å²) in [5, 5.41) is 19.9. The fourth-order valence-electron chi connectivity index (χ4n) is 2.38. The van der Waals surface area contributed by atoms with E-state index in [1.807, 2.05) is 0 Å². The number of hydrogen-bond acceptors (Lipinski definition) is 3. The number of hydrogen-bond donors (Lipinski definition) is 1. The molecule has 0 spiro atoms. The molecule has 1 aliphatic rings. The van der Waals surface area contributed by atoms with Crippen LogP contribution in [0.3, 0.4) is 0 Å². The van der Waals surface area contributed by atoms with E-state index in [4.69, 9.17) is 4.74 Å². The zero-order valence-electron chi connectivity index (χ0n) is 10.3. The van der Waals surface area contributed by atoms with E-state index in [0.717, 1.165) is 0 Å². The Morgan fingerprint density at radius 1 is 1.56 bits per heavy atom. The van der Waals surface area contributed by atoms with E-state index in [1.54, 1.807) is 25.1 Å². The fourth-order valence-corrected chi connectivity index (χ4v) is 2.38. The van der Waals surface area contributed by atoms with Crippen LogP contribution in [0.2, 0.25) is 0 Å². The Labute approximate surface area is 106 Å². The van der Waals surface area contributed by atoms with Gasteiger partial charge in [0.25, 0.3) is 0 Å². The summed E-state index contributed by atoms with van der Waals surface area (Å²) in [7, 11) is 0. The molecule has 2 rings (SSSR count). The summed E-state index contributed by atoms with van der Waals surface area (Å²) < 4.78 is 18.8. The summed E-state index contributed by atoms with van der Waals surface area (Å²) in [4.78, 5) is 0. The zero-order valence-corrected chi connectivity index (χ0v) is 10.3. The maximum atomic E-state index is 13.6. The molecule has 1 N–H and O–H groups in total. The lowest BCUT2D eigenvalue weighted by atomic mass is 9.70. The highest BCUT2D eigenvalue weighted by atomic mass is 19.1. The van der Waals surface area contributed by atoms with E-state index in [9.17, 15) is 14.8 Å². The number of nitriles is 1. The Bertz CT molecular complexity index is 473. The van der Waals surface area contributed by atoms with Gasteiger partial charge in [-0.05, 0) is 25.0 Å². The summed E-state index contributed by atoms with van der Waals surface area (Å²) >= 11 is 0. The summed E-state index contributed by atoms with van der Waals surface area (Å²) in [6.07, 6.45) is 0.585. The van der Waals surface area contributed by atoms with Crippen molar-refractivity contribution in [3.8, 4) is 6.07 Å². The van der Waals surface area contributed by atoms with Crippen LogP contribution in [0.4, 0.5) is 4.39 Å². The van der Waals surface area contributed by atoms with Crippen molar-refractivity contribution in [3.63, 3.8) is 0 Å². The minimum absolute atomic E-state index is 0.108. The molecule has 0 bridgehead atoms. The van der Waals surface area contributed by atoms with Crippen LogP contribution in [0.5, 0.6) is 0 Å². The van der Waals surface area contributed by atoms with Gasteiger partial charge in [-0.15, -0.1) is 0 Å². The highest BCUT2D eigenvalue weighted by Crippen LogP contribution is 2.41. The van der Waals surface area contributed by atoms with Crippen molar-refractivity contribution in [3.05, 3.63) is 35.6 Å². The van der Waals surface area contributed by atoms with Crippen LogP contribution in [0.25, 0.3) is 0 Å². The van der Waals surface area contributed by atoms with E-state index in [1.165, 1.54) is 6.07 Å². The molecule has 0 saturated carbocycles. The van der Waals surface area contributed by atoms with E-state index in [-0.39, 0.29) is 18.8 Å². The van der Waals surface area contributed by atoms with E-state index >= 15 is 0 Å². The Balaban J connectivity index is 2.27. The predicted molar refractivity (Wildman–Crippen MR) is 64.2 cm³/mol. The Morgan fingerprint density at radius 3 is 2.83 bits per heavy atom. The lowest BCUT2D eigenvalue weighted by Crippen LogP contribution is -2.47. The van der Waals surface area contributed by atoms with Crippen LogP contribution < -0.4 is 0 Å². The van der Waals surface area contributed by atoms with Crippen molar-refractivity contribution in [2.45, 2.75) is 25.4 Å². The van der Waals surface area contributed by atoms with Crippen molar-refractivity contribution in [1.82, 2.24) is 0 Å². The van der Waals surface area contributed by atoms with Crippen molar-refractivity contribution in [1.29, 1.82) is 5.26 Å². The van der Waals surface area contributed by atoms with Gasteiger partial charge in [-0.25, -0.2) is 4.39 Å². The molecule has 0 aromatic heterocycles. The third-order valence-electron chi connectivity index (χ3n) is 3.76. The van der Waals surface area contributed by atoms with Gasteiger partial charge in [0.1, 0.15) is 11.2 Å². The first kappa shape index (κ1) is 13.0. The molecule has 96 valence electrons. The lowest BCUT2D eigenvalue weighted by Gasteiger charge is -2.36. The smallest absolute Gasteiger partial charge is 0.126 e. The summed E-state index contributed by atoms with van der Waals surface area (Å²) in [6.45, 7) is 2.24. The van der Waals surface area contributed by atoms with Gasteiger partial charge in [-0.1, -0.05) is 18.2 Å². The molecule has 1 saturated heterocycles. The Morgan fingerprint density at radius 2 is 2.28 bits per heavy atom. The average molecular weight is 249 g/mol. The molecule has 3 nitrogen and oxygen atoms in total. The van der Waals surface area contributed by atoms with E-state index in [0.29, 0.717) is 18.6 Å². The Hall–Kier alpha value is -1.44. The molecule has 0 radical (unpaired) electrons. The molecule has 1 aliphatic heterocycles. The first-order valence-corrected chi connectivity index (χ1v) is 5.96. The first-order chi connectivity index (χ1) is 8.51. The van der Waals surface area contributed by atoms with Crippen LogP contribution in [-0.2, 0) is 11.2 Å². The monoisotopic (exact) mass is 249 g/mol. The van der Waals surface area contributed by atoms with Crippen molar-refractivity contribution >= 4 is 0 Å². The van der Waals surface area contributed by atoms with Gasteiger partial charge in [0, 0.05) is 13.0 Å². The second-order valence-corrected chi connectivity index (χ2v) is 5.04. The third kappa shape index (κ3) is 2.12. The number of ether oxygens (including phenoxy) is 1. The SMILES string of the molecule is CC(O)(Cc1ccccc1F)C1(C#N)CCOC1. The van der Waals surface area contributed by atoms with Gasteiger partial charge in [-0.2, -0.15) is 5.26 Å². The largest absolute Gasteiger partial charge is 0.388 e. The molecule has 0 aliphatic carbocycles. The van der Waals surface area contributed by atoms with Gasteiger partial charge in [0.05, 0.1) is 18.3 Å². The van der Waals surface area contributed by atoms with Crippen molar-refractivity contribution in [2.75, 3.05) is 13.2 Å². The maximum absolute atomic E-state index is 13.6. The molecule has 4 heteroatoms. The van der Waals surface area contributed by atoms with Crippen molar-refractivity contribution in [2.24, 2.45) is 5.41 Å². The highest BCUT2D eigenvalue weighted by Gasteiger charge is 2.50. The normalized spacial score (nSPS) is 26.6. The molecule has 0 amide bonds. The number of aliphatic hydroxyl groups is 1. The minimum atomic E-state index is -1.31. The molecule has 2 atom stereocenters. The molecule has 1 heterocycles. The Kier molecular flexibility index (Phi) is 3.38. The van der Waals surface area contributed by atoms with Crippen LogP contribution in [0, 0.1) is 22.6 Å². The van der Waals surface area contributed by atoms with Crippen LogP contribution in [0.1, 0.15) is 18.9 Å².